The fourth-order valence-corrected chi connectivity index (χ4v) is 7.87. The van der Waals surface area contributed by atoms with Crippen molar-refractivity contribution in [3.8, 4) is 5.75 Å². The second-order valence-electron chi connectivity index (χ2n) is 12.1. The van der Waals surface area contributed by atoms with Gasteiger partial charge in [-0.2, -0.15) is 0 Å². The largest absolute Gasteiger partial charge is 0.490 e. The summed E-state index contributed by atoms with van der Waals surface area (Å²) in [5, 5.41) is 3.34. The van der Waals surface area contributed by atoms with Gasteiger partial charge >= 0.3 is 0 Å². The van der Waals surface area contributed by atoms with E-state index in [1.165, 1.54) is 36.0 Å². The molecule has 4 saturated carbocycles. The quantitative estimate of drug-likeness (QED) is 0.572. The molecule has 2 aromatic carbocycles. The monoisotopic (exact) mass is 472 g/mol. The topological polar surface area (TPSA) is 41.6 Å². The van der Waals surface area contributed by atoms with Gasteiger partial charge < -0.3 is 15.0 Å². The van der Waals surface area contributed by atoms with E-state index in [1.807, 2.05) is 0 Å². The predicted molar refractivity (Wildman–Crippen MR) is 139 cm³/mol. The maximum absolute atomic E-state index is 13.3. The zero-order chi connectivity index (χ0) is 23.8. The number of nitrogens with one attached hydrogen (secondary N) is 1. The van der Waals surface area contributed by atoms with Crippen molar-refractivity contribution < 1.29 is 9.53 Å². The Bertz CT molecular complexity index is 1020. The standard InChI is InChI=1S/C31H40N2O2/c1-33-10-8-28(9-11-33)35-29-7-3-5-23(17-29)12-22-4-2-6-24(13-22)21-32-30(34)31-18-25-14-26(19-31)16-27(15-25)20-31/h2-7,13,17,25-28H,8-12,14-16,18-21H2,1H3,(H,32,34). The molecule has 0 spiro atoms. The van der Waals surface area contributed by atoms with Crippen molar-refractivity contribution in [2.24, 2.45) is 23.2 Å². The van der Waals surface area contributed by atoms with Crippen LogP contribution in [0.1, 0.15) is 68.1 Å². The first-order valence-electron chi connectivity index (χ1n) is 13.8. The minimum atomic E-state index is -0.0689. The van der Waals surface area contributed by atoms with Crippen molar-refractivity contribution in [1.29, 1.82) is 0 Å². The van der Waals surface area contributed by atoms with Gasteiger partial charge in [-0.1, -0.05) is 36.4 Å². The molecule has 1 heterocycles. The maximum Gasteiger partial charge on any atom is 0.226 e. The molecule has 1 amide bonds. The summed E-state index contributed by atoms with van der Waals surface area (Å²) in [6.07, 6.45) is 10.9. The van der Waals surface area contributed by atoms with E-state index in [-0.39, 0.29) is 5.41 Å². The van der Waals surface area contributed by atoms with Crippen molar-refractivity contribution in [1.82, 2.24) is 10.2 Å². The molecule has 5 fully saturated rings. The van der Waals surface area contributed by atoms with Crippen LogP contribution in [-0.4, -0.2) is 37.0 Å². The smallest absolute Gasteiger partial charge is 0.226 e. The molecule has 5 aliphatic rings. The van der Waals surface area contributed by atoms with Crippen molar-refractivity contribution in [2.75, 3.05) is 20.1 Å². The molecule has 1 N–H and O–H groups in total. The number of rotatable bonds is 7. The molecule has 0 aromatic heterocycles. The molecule has 0 radical (unpaired) electrons. The van der Waals surface area contributed by atoms with Gasteiger partial charge in [-0.15, -0.1) is 0 Å². The number of piperidine rings is 1. The van der Waals surface area contributed by atoms with Crippen LogP contribution in [0.2, 0.25) is 0 Å². The number of carbonyl (C=O) groups excluding carboxylic acids is 1. The van der Waals surface area contributed by atoms with Crippen LogP contribution < -0.4 is 10.1 Å². The molecule has 4 heteroatoms. The third kappa shape index (κ3) is 5.14. The summed E-state index contributed by atoms with van der Waals surface area (Å²) in [6.45, 7) is 2.85. The van der Waals surface area contributed by atoms with E-state index in [4.69, 9.17) is 4.74 Å². The van der Waals surface area contributed by atoms with Crippen LogP contribution in [0, 0.1) is 23.2 Å². The summed E-state index contributed by atoms with van der Waals surface area (Å²) in [4.78, 5) is 15.7. The lowest BCUT2D eigenvalue weighted by atomic mass is 9.49. The van der Waals surface area contributed by atoms with Crippen LogP contribution in [0.25, 0.3) is 0 Å². The fourth-order valence-electron chi connectivity index (χ4n) is 7.87. The first-order chi connectivity index (χ1) is 17.0. The molecular weight excluding hydrogens is 432 g/mol. The van der Waals surface area contributed by atoms with Crippen molar-refractivity contribution in [3.05, 3.63) is 65.2 Å². The number of hydrogen-bond acceptors (Lipinski definition) is 3. The third-order valence-electron chi connectivity index (χ3n) is 9.24. The summed E-state index contributed by atoms with van der Waals surface area (Å²) in [5.74, 6) is 3.70. The number of hydrogen-bond donors (Lipinski definition) is 1. The number of ether oxygens (including phenoxy) is 1. The van der Waals surface area contributed by atoms with Gasteiger partial charge in [0.25, 0.3) is 0 Å². The highest BCUT2D eigenvalue weighted by atomic mass is 16.5. The second-order valence-corrected chi connectivity index (χ2v) is 12.1. The van der Waals surface area contributed by atoms with Crippen LogP contribution in [0.3, 0.4) is 0 Å². The SMILES string of the molecule is CN1CCC(Oc2cccc(Cc3cccc(CNC(=O)C45CC6CC(CC(C6)C4)C5)c3)c2)CC1. The molecular formula is C31H40N2O2. The molecule has 0 unspecified atom stereocenters. The molecule has 0 atom stereocenters. The highest BCUT2D eigenvalue weighted by molar-refractivity contribution is 5.83. The van der Waals surface area contributed by atoms with Crippen LogP contribution in [0.15, 0.2) is 48.5 Å². The average molecular weight is 473 g/mol. The number of amides is 1. The van der Waals surface area contributed by atoms with Gasteiger partial charge in [-0.25, -0.2) is 0 Å². The highest BCUT2D eigenvalue weighted by Crippen LogP contribution is 2.60. The minimum absolute atomic E-state index is 0.0689. The Hall–Kier alpha value is -2.33. The highest BCUT2D eigenvalue weighted by Gasteiger charge is 2.54. The van der Waals surface area contributed by atoms with Crippen LogP contribution >= 0.6 is 0 Å². The molecule has 2 aromatic rings. The third-order valence-corrected chi connectivity index (χ3v) is 9.24. The number of carbonyl (C=O) groups is 1. The Kier molecular flexibility index (Phi) is 6.34. The average Bonchev–Trinajstić information content (AvgIpc) is 2.84. The molecule has 186 valence electrons. The Balaban J connectivity index is 1.06. The zero-order valence-corrected chi connectivity index (χ0v) is 21.2. The van der Waals surface area contributed by atoms with Gasteiger partial charge in [-0.3, -0.25) is 4.79 Å². The summed E-state index contributed by atoms with van der Waals surface area (Å²) in [7, 11) is 2.18. The van der Waals surface area contributed by atoms with E-state index in [0.717, 1.165) is 75.1 Å². The van der Waals surface area contributed by atoms with E-state index >= 15 is 0 Å². The lowest BCUT2D eigenvalue weighted by molar-refractivity contribution is -0.146. The Morgan fingerprint density at radius 3 is 2.20 bits per heavy atom. The van der Waals surface area contributed by atoms with E-state index in [0.29, 0.717) is 18.6 Å². The Morgan fingerprint density at radius 1 is 0.914 bits per heavy atom. The van der Waals surface area contributed by atoms with Gasteiger partial charge in [0.2, 0.25) is 5.91 Å². The molecule has 4 bridgehead atoms. The number of nitrogens with zero attached hydrogens (tertiary/aromatic N) is 1. The molecule has 4 aliphatic carbocycles. The van der Waals surface area contributed by atoms with E-state index in [2.05, 4.69) is 65.8 Å². The van der Waals surface area contributed by atoms with Gasteiger partial charge in [0.1, 0.15) is 11.9 Å². The minimum Gasteiger partial charge on any atom is -0.490 e. The number of benzene rings is 2. The summed E-state index contributed by atoms with van der Waals surface area (Å²) < 4.78 is 6.30. The zero-order valence-electron chi connectivity index (χ0n) is 21.2. The molecule has 35 heavy (non-hydrogen) atoms. The van der Waals surface area contributed by atoms with Crippen molar-refractivity contribution in [3.63, 3.8) is 0 Å². The van der Waals surface area contributed by atoms with Crippen LogP contribution in [-0.2, 0) is 17.8 Å². The summed E-state index contributed by atoms with van der Waals surface area (Å²) >= 11 is 0. The van der Waals surface area contributed by atoms with E-state index in [9.17, 15) is 4.79 Å². The molecule has 4 nitrogen and oxygen atoms in total. The first-order valence-corrected chi connectivity index (χ1v) is 13.8. The number of likely N-dealkylation sites (tertiary alicyclic amines) is 1. The van der Waals surface area contributed by atoms with Gasteiger partial charge in [0.15, 0.2) is 0 Å². The Labute approximate surface area is 210 Å². The van der Waals surface area contributed by atoms with E-state index in [1.54, 1.807) is 0 Å². The lowest BCUT2D eigenvalue weighted by Gasteiger charge is -2.55. The van der Waals surface area contributed by atoms with Crippen LogP contribution in [0.5, 0.6) is 5.75 Å². The van der Waals surface area contributed by atoms with Gasteiger partial charge in [0.05, 0.1) is 0 Å². The second kappa shape index (κ2) is 9.61. The summed E-state index contributed by atoms with van der Waals surface area (Å²) in [5.41, 5.74) is 3.67. The Morgan fingerprint density at radius 2 is 1.51 bits per heavy atom. The molecule has 7 rings (SSSR count). The van der Waals surface area contributed by atoms with Crippen molar-refractivity contribution in [2.45, 2.75) is 70.4 Å². The predicted octanol–water partition coefficient (Wildman–Crippen LogP) is 5.58. The normalized spacial score (nSPS) is 30.4. The maximum atomic E-state index is 13.3. The first kappa shape index (κ1) is 23.1. The van der Waals surface area contributed by atoms with E-state index < -0.39 is 0 Å². The van der Waals surface area contributed by atoms with Gasteiger partial charge in [-0.05, 0) is 111 Å². The molecule has 1 aliphatic heterocycles. The fraction of sp³-hybridized carbons (Fsp3) is 0.581. The lowest BCUT2D eigenvalue weighted by Crippen LogP contribution is -2.53. The summed E-state index contributed by atoms with van der Waals surface area (Å²) in [6, 6.07) is 17.3. The van der Waals surface area contributed by atoms with Gasteiger partial charge in [0, 0.05) is 25.0 Å². The molecule has 1 saturated heterocycles. The van der Waals surface area contributed by atoms with Crippen molar-refractivity contribution >= 4 is 5.91 Å². The van der Waals surface area contributed by atoms with Crippen LogP contribution in [0.4, 0.5) is 0 Å².